The van der Waals surface area contributed by atoms with E-state index in [1.807, 2.05) is 6.92 Å². The Labute approximate surface area is 167 Å². The fourth-order valence-corrected chi connectivity index (χ4v) is 2.85. The first kappa shape index (κ1) is 19.6. The second kappa shape index (κ2) is 8.67. The van der Waals surface area contributed by atoms with Crippen LogP contribution < -0.4 is 10.6 Å². The van der Waals surface area contributed by atoms with E-state index < -0.39 is 0 Å². The van der Waals surface area contributed by atoms with Crippen molar-refractivity contribution in [1.82, 2.24) is 5.32 Å². The Balaban J connectivity index is 1.61. The van der Waals surface area contributed by atoms with Gasteiger partial charge in [0.1, 0.15) is 5.82 Å². The maximum absolute atomic E-state index is 12.9. The van der Waals surface area contributed by atoms with Crippen molar-refractivity contribution in [3.63, 3.8) is 0 Å². The Hall–Kier alpha value is -3.18. The summed E-state index contributed by atoms with van der Waals surface area (Å²) in [6.45, 7) is 2.15. The number of carbonyl (C=O) groups excluding carboxylic acids is 2. The highest BCUT2D eigenvalue weighted by molar-refractivity contribution is 6.30. The number of aryl methyl sites for hydroxylation is 1. The Bertz CT molecular complexity index is 1000. The number of benzene rings is 3. The smallest absolute Gasteiger partial charge is 0.255 e. The molecule has 0 spiro atoms. The van der Waals surface area contributed by atoms with Crippen molar-refractivity contribution < 1.29 is 14.0 Å². The second-order valence-electron chi connectivity index (χ2n) is 6.30. The van der Waals surface area contributed by atoms with Gasteiger partial charge in [-0.1, -0.05) is 23.7 Å². The van der Waals surface area contributed by atoms with Crippen LogP contribution in [0.3, 0.4) is 0 Å². The lowest BCUT2D eigenvalue weighted by Gasteiger charge is -2.09. The van der Waals surface area contributed by atoms with Crippen LogP contribution in [0.25, 0.3) is 0 Å². The predicted molar refractivity (Wildman–Crippen MR) is 108 cm³/mol. The number of rotatable bonds is 5. The van der Waals surface area contributed by atoms with Gasteiger partial charge in [0.05, 0.1) is 0 Å². The molecule has 0 aliphatic carbocycles. The van der Waals surface area contributed by atoms with Crippen LogP contribution in [0.4, 0.5) is 10.1 Å². The van der Waals surface area contributed by atoms with Gasteiger partial charge in [0.25, 0.3) is 11.8 Å². The lowest BCUT2D eigenvalue weighted by Crippen LogP contribution is -2.23. The zero-order valence-corrected chi connectivity index (χ0v) is 15.9. The quantitative estimate of drug-likeness (QED) is 0.639. The Morgan fingerprint density at radius 3 is 2.11 bits per heavy atom. The van der Waals surface area contributed by atoms with E-state index in [-0.39, 0.29) is 24.2 Å². The van der Waals surface area contributed by atoms with Crippen molar-refractivity contribution in [3.8, 4) is 0 Å². The third-order valence-electron chi connectivity index (χ3n) is 4.21. The number of amides is 2. The van der Waals surface area contributed by atoms with E-state index in [0.717, 1.165) is 11.1 Å². The number of halogens is 2. The van der Waals surface area contributed by atoms with Gasteiger partial charge in [-0.3, -0.25) is 9.59 Å². The molecule has 0 saturated heterocycles. The van der Waals surface area contributed by atoms with E-state index in [9.17, 15) is 14.0 Å². The summed E-state index contributed by atoms with van der Waals surface area (Å²) in [6.07, 6.45) is 0. The van der Waals surface area contributed by atoms with Crippen LogP contribution in [-0.4, -0.2) is 11.8 Å². The molecule has 0 saturated carbocycles. The van der Waals surface area contributed by atoms with Crippen molar-refractivity contribution in [3.05, 3.63) is 99.8 Å². The first-order valence-electron chi connectivity index (χ1n) is 8.62. The van der Waals surface area contributed by atoms with Crippen LogP contribution in [0, 0.1) is 12.7 Å². The molecule has 0 aliphatic heterocycles. The van der Waals surface area contributed by atoms with E-state index in [4.69, 9.17) is 11.6 Å². The van der Waals surface area contributed by atoms with Gasteiger partial charge in [-0.25, -0.2) is 4.39 Å². The van der Waals surface area contributed by atoms with Gasteiger partial charge in [0, 0.05) is 28.4 Å². The molecule has 4 nitrogen and oxygen atoms in total. The minimum absolute atomic E-state index is 0.273. The fraction of sp³-hybridized carbons (Fsp3) is 0.0909. The van der Waals surface area contributed by atoms with Gasteiger partial charge in [-0.15, -0.1) is 0 Å². The van der Waals surface area contributed by atoms with Gasteiger partial charge >= 0.3 is 0 Å². The topological polar surface area (TPSA) is 58.2 Å². The molecule has 2 amide bonds. The second-order valence-corrected chi connectivity index (χ2v) is 6.74. The number of nitrogens with one attached hydrogen (secondary N) is 2. The molecule has 0 atom stereocenters. The highest BCUT2D eigenvalue weighted by Gasteiger charge is 2.10. The monoisotopic (exact) mass is 396 g/mol. The van der Waals surface area contributed by atoms with Crippen molar-refractivity contribution in [2.75, 3.05) is 5.32 Å². The third-order valence-corrected chi connectivity index (χ3v) is 4.45. The van der Waals surface area contributed by atoms with Gasteiger partial charge < -0.3 is 10.6 Å². The number of hydrogen-bond donors (Lipinski definition) is 2. The average Bonchev–Trinajstić information content (AvgIpc) is 2.69. The van der Waals surface area contributed by atoms with Gasteiger partial charge in [-0.05, 0) is 72.6 Å². The molecule has 2 N–H and O–H groups in total. The highest BCUT2D eigenvalue weighted by Crippen LogP contribution is 2.20. The standard InChI is InChI=1S/C22H18ClFN2O2/c1-14-12-18(23)8-11-20(14)26-22(28)17-6-4-16(5-7-17)21(27)25-13-15-2-9-19(24)10-3-15/h2-12H,13H2,1H3,(H,25,27)(H,26,28). The molecule has 142 valence electrons. The van der Waals surface area contributed by atoms with E-state index >= 15 is 0 Å². The zero-order valence-electron chi connectivity index (χ0n) is 15.1. The third kappa shape index (κ3) is 4.96. The van der Waals surface area contributed by atoms with Gasteiger partial charge in [0.2, 0.25) is 0 Å². The minimum atomic E-state index is -0.322. The van der Waals surface area contributed by atoms with Gasteiger partial charge in [0.15, 0.2) is 0 Å². The van der Waals surface area contributed by atoms with Crippen LogP contribution >= 0.6 is 11.6 Å². The van der Waals surface area contributed by atoms with Crippen LogP contribution in [-0.2, 0) is 6.54 Å². The number of hydrogen-bond acceptors (Lipinski definition) is 2. The molecule has 0 aliphatic rings. The summed E-state index contributed by atoms with van der Waals surface area (Å²) in [6, 6.07) is 17.5. The molecular weight excluding hydrogens is 379 g/mol. The summed E-state index contributed by atoms with van der Waals surface area (Å²) in [4.78, 5) is 24.6. The zero-order chi connectivity index (χ0) is 20.1. The molecule has 3 rings (SSSR count). The van der Waals surface area contributed by atoms with Crippen molar-refractivity contribution in [2.45, 2.75) is 13.5 Å². The van der Waals surface area contributed by atoms with Crippen molar-refractivity contribution >= 4 is 29.1 Å². The number of carbonyl (C=O) groups is 2. The summed E-state index contributed by atoms with van der Waals surface area (Å²) < 4.78 is 12.9. The average molecular weight is 397 g/mol. The van der Waals surface area contributed by atoms with Crippen molar-refractivity contribution in [1.29, 1.82) is 0 Å². The normalized spacial score (nSPS) is 10.4. The maximum atomic E-state index is 12.9. The largest absolute Gasteiger partial charge is 0.348 e. The lowest BCUT2D eigenvalue weighted by molar-refractivity contribution is 0.0949. The SMILES string of the molecule is Cc1cc(Cl)ccc1NC(=O)c1ccc(C(=O)NCc2ccc(F)cc2)cc1. The highest BCUT2D eigenvalue weighted by atomic mass is 35.5. The molecule has 3 aromatic carbocycles. The van der Waals surface area contributed by atoms with Crippen molar-refractivity contribution in [2.24, 2.45) is 0 Å². The van der Waals surface area contributed by atoms with E-state index in [1.165, 1.54) is 12.1 Å². The Kier molecular flexibility index (Phi) is 6.06. The summed E-state index contributed by atoms with van der Waals surface area (Å²) >= 11 is 5.92. The van der Waals surface area contributed by atoms with E-state index in [0.29, 0.717) is 21.8 Å². The molecular formula is C22H18ClFN2O2. The minimum Gasteiger partial charge on any atom is -0.348 e. The first-order valence-corrected chi connectivity index (χ1v) is 9.00. The molecule has 0 radical (unpaired) electrons. The molecule has 0 aromatic heterocycles. The molecule has 0 unspecified atom stereocenters. The summed E-state index contributed by atoms with van der Waals surface area (Å²) in [7, 11) is 0. The Morgan fingerprint density at radius 2 is 1.50 bits per heavy atom. The molecule has 0 bridgehead atoms. The molecule has 28 heavy (non-hydrogen) atoms. The van der Waals surface area contributed by atoms with E-state index in [2.05, 4.69) is 10.6 Å². The lowest BCUT2D eigenvalue weighted by atomic mass is 10.1. The summed E-state index contributed by atoms with van der Waals surface area (Å²) in [5, 5.41) is 6.19. The first-order chi connectivity index (χ1) is 13.4. The summed E-state index contributed by atoms with van der Waals surface area (Å²) in [5.74, 6) is -0.869. The maximum Gasteiger partial charge on any atom is 0.255 e. The predicted octanol–water partition coefficient (Wildman–Crippen LogP) is 4.97. The Morgan fingerprint density at radius 1 is 0.893 bits per heavy atom. The molecule has 0 fully saturated rings. The van der Waals surface area contributed by atoms with Crippen LogP contribution in [0.1, 0.15) is 31.8 Å². The van der Waals surface area contributed by atoms with Gasteiger partial charge in [-0.2, -0.15) is 0 Å². The molecule has 3 aromatic rings. The summed E-state index contributed by atoms with van der Waals surface area (Å²) in [5.41, 5.74) is 3.20. The van der Waals surface area contributed by atoms with E-state index in [1.54, 1.807) is 54.6 Å². The van der Waals surface area contributed by atoms with Crippen LogP contribution in [0.15, 0.2) is 66.7 Å². The van der Waals surface area contributed by atoms with Crippen LogP contribution in [0.5, 0.6) is 0 Å². The van der Waals surface area contributed by atoms with Crippen LogP contribution in [0.2, 0.25) is 5.02 Å². The number of anilines is 1. The molecule has 0 heterocycles. The fourth-order valence-electron chi connectivity index (χ4n) is 2.62. The molecule has 6 heteroatoms.